The second kappa shape index (κ2) is 7.96. The Balaban J connectivity index is 1.63. The number of benzene rings is 2. The number of hydrogen-bond acceptors (Lipinski definition) is 5. The molecule has 3 N–H and O–H groups in total. The summed E-state index contributed by atoms with van der Waals surface area (Å²) in [5.74, 6) is 0.987. The second-order valence-electron chi connectivity index (χ2n) is 5.66. The normalized spacial score (nSPS) is 10.3. The maximum atomic E-state index is 12.4. The molecular formula is C19H19N3O4S. The van der Waals surface area contributed by atoms with E-state index in [1.54, 1.807) is 32.4 Å². The third kappa shape index (κ3) is 3.95. The topological polar surface area (TPSA) is 84.8 Å². The number of rotatable bonds is 4. The highest BCUT2D eigenvalue weighted by Gasteiger charge is 2.17. The van der Waals surface area contributed by atoms with E-state index in [1.165, 1.54) is 0 Å². The predicted molar refractivity (Wildman–Crippen MR) is 107 cm³/mol. The van der Waals surface area contributed by atoms with Crippen molar-refractivity contribution >= 4 is 39.9 Å². The van der Waals surface area contributed by atoms with E-state index in [2.05, 4.69) is 16.2 Å². The number of thiocarbonyl (C=S) groups is 1. The van der Waals surface area contributed by atoms with E-state index in [-0.39, 0.29) is 10.9 Å². The van der Waals surface area contributed by atoms with Crippen LogP contribution in [0.3, 0.4) is 0 Å². The summed E-state index contributed by atoms with van der Waals surface area (Å²) in [6.07, 6.45) is 0. The summed E-state index contributed by atoms with van der Waals surface area (Å²) in [6.45, 7) is 1.83. The van der Waals surface area contributed by atoms with Gasteiger partial charge in [-0.1, -0.05) is 18.2 Å². The van der Waals surface area contributed by atoms with Gasteiger partial charge in [-0.3, -0.25) is 15.6 Å². The number of furan rings is 1. The fraction of sp³-hybridized carbons (Fsp3) is 0.158. The number of para-hydroxylation sites is 1. The van der Waals surface area contributed by atoms with Crippen molar-refractivity contribution in [1.82, 2.24) is 10.9 Å². The van der Waals surface area contributed by atoms with Crippen molar-refractivity contribution in [2.45, 2.75) is 6.92 Å². The SMILES string of the molecule is COc1ccc(NC(=S)NNC(=O)c2oc3ccccc3c2C)cc1OC. The average Bonchev–Trinajstić information content (AvgIpc) is 3.03. The standard InChI is InChI=1S/C19H19N3O4S/c1-11-13-6-4-5-7-14(13)26-17(11)18(23)21-22-19(27)20-12-8-9-15(24-2)16(10-12)25-3/h4-10H,1-3H3,(H,21,23)(H2,20,22,27). The Kier molecular flexibility index (Phi) is 5.46. The highest BCUT2D eigenvalue weighted by molar-refractivity contribution is 7.80. The molecule has 27 heavy (non-hydrogen) atoms. The van der Waals surface area contributed by atoms with Crippen molar-refractivity contribution in [3.05, 3.63) is 53.8 Å². The lowest BCUT2D eigenvalue weighted by Crippen LogP contribution is -2.43. The van der Waals surface area contributed by atoms with E-state index < -0.39 is 5.91 Å². The highest BCUT2D eigenvalue weighted by atomic mass is 32.1. The third-order valence-electron chi connectivity index (χ3n) is 3.98. The van der Waals surface area contributed by atoms with Crippen LogP contribution in [-0.2, 0) is 0 Å². The summed E-state index contributed by atoms with van der Waals surface area (Å²) < 4.78 is 16.1. The average molecular weight is 385 g/mol. The zero-order valence-corrected chi connectivity index (χ0v) is 15.9. The molecule has 3 aromatic rings. The van der Waals surface area contributed by atoms with Gasteiger partial charge in [0.15, 0.2) is 22.4 Å². The molecule has 0 aliphatic heterocycles. The van der Waals surface area contributed by atoms with Crippen molar-refractivity contribution in [1.29, 1.82) is 0 Å². The van der Waals surface area contributed by atoms with Gasteiger partial charge in [-0.15, -0.1) is 0 Å². The monoisotopic (exact) mass is 385 g/mol. The van der Waals surface area contributed by atoms with Gasteiger partial charge in [0, 0.05) is 22.7 Å². The lowest BCUT2D eigenvalue weighted by Gasteiger charge is -2.13. The summed E-state index contributed by atoms with van der Waals surface area (Å²) in [6, 6.07) is 12.7. The molecule has 8 heteroatoms. The summed E-state index contributed by atoms with van der Waals surface area (Å²) >= 11 is 5.20. The maximum Gasteiger partial charge on any atom is 0.305 e. The molecule has 0 spiro atoms. The molecule has 0 aliphatic rings. The third-order valence-corrected chi connectivity index (χ3v) is 4.19. The molecule has 0 radical (unpaired) electrons. The number of carbonyl (C=O) groups excluding carboxylic acids is 1. The number of anilines is 1. The van der Waals surface area contributed by atoms with E-state index in [0.717, 1.165) is 10.9 Å². The first-order valence-corrected chi connectivity index (χ1v) is 8.51. The minimum atomic E-state index is -0.417. The van der Waals surface area contributed by atoms with E-state index in [1.807, 2.05) is 31.2 Å². The van der Waals surface area contributed by atoms with Gasteiger partial charge in [0.2, 0.25) is 0 Å². The van der Waals surface area contributed by atoms with E-state index in [9.17, 15) is 4.79 Å². The van der Waals surface area contributed by atoms with Crippen LogP contribution in [0.15, 0.2) is 46.9 Å². The number of methoxy groups -OCH3 is 2. The zero-order chi connectivity index (χ0) is 19.4. The molecule has 1 amide bonds. The number of hydrazine groups is 1. The fourth-order valence-electron chi connectivity index (χ4n) is 2.64. The molecule has 3 rings (SSSR count). The van der Waals surface area contributed by atoms with Gasteiger partial charge in [-0.25, -0.2) is 0 Å². The van der Waals surface area contributed by atoms with Crippen molar-refractivity contribution < 1.29 is 18.7 Å². The number of amides is 1. The lowest BCUT2D eigenvalue weighted by atomic mass is 10.1. The molecule has 1 aromatic heterocycles. The second-order valence-corrected chi connectivity index (χ2v) is 6.06. The van der Waals surface area contributed by atoms with Gasteiger partial charge >= 0.3 is 5.91 Å². The maximum absolute atomic E-state index is 12.4. The molecule has 0 atom stereocenters. The van der Waals surface area contributed by atoms with Crippen molar-refractivity contribution in [3.8, 4) is 11.5 Å². The van der Waals surface area contributed by atoms with Crippen LogP contribution in [0.1, 0.15) is 16.1 Å². The van der Waals surface area contributed by atoms with Crippen molar-refractivity contribution in [2.75, 3.05) is 19.5 Å². The molecule has 140 valence electrons. The van der Waals surface area contributed by atoms with Gasteiger partial charge in [-0.2, -0.15) is 0 Å². The minimum Gasteiger partial charge on any atom is -0.493 e. The van der Waals surface area contributed by atoms with Crippen LogP contribution in [0.4, 0.5) is 5.69 Å². The Morgan fingerprint density at radius 1 is 1.04 bits per heavy atom. The zero-order valence-electron chi connectivity index (χ0n) is 15.1. The number of hydrogen-bond donors (Lipinski definition) is 3. The van der Waals surface area contributed by atoms with Crippen LogP contribution in [0, 0.1) is 6.92 Å². The number of nitrogens with one attached hydrogen (secondary N) is 3. The Hall–Kier alpha value is -3.26. The van der Waals surface area contributed by atoms with Crippen LogP contribution in [0.5, 0.6) is 11.5 Å². The van der Waals surface area contributed by atoms with E-state index in [4.69, 9.17) is 26.1 Å². The summed E-state index contributed by atoms with van der Waals surface area (Å²) in [7, 11) is 3.11. The lowest BCUT2D eigenvalue weighted by molar-refractivity contribution is 0.0917. The molecule has 0 saturated carbocycles. The molecule has 0 fully saturated rings. The van der Waals surface area contributed by atoms with Crippen LogP contribution in [0.2, 0.25) is 0 Å². The number of ether oxygens (including phenoxy) is 2. The van der Waals surface area contributed by atoms with Crippen LogP contribution >= 0.6 is 12.2 Å². The predicted octanol–water partition coefficient (Wildman–Crippen LogP) is 3.39. The molecule has 1 heterocycles. The number of carbonyl (C=O) groups is 1. The van der Waals surface area contributed by atoms with Crippen LogP contribution in [0.25, 0.3) is 11.0 Å². The molecule has 2 aromatic carbocycles. The van der Waals surface area contributed by atoms with E-state index >= 15 is 0 Å². The molecular weight excluding hydrogens is 366 g/mol. The Morgan fingerprint density at radius 3 is 2.48 bits per heavy atom. The molecule has 0 saturated heterocycles. The first-order chi connectivity index (χ1) is 13.0. The van der Waals surface area contributed by atoms with Crippen molar-refractivity contribution in [2.24, 2.45) is 0 Å². The summed E-state index contributed by atoms with van der Waals surface area (Å²) in [5.41, 5.74) is 7.29. The largest absolute Gasteiger partial charge is 0.493 e. The van der Waals surface area contributed by atoms with Gasteiger partial charge in [0.05, 0.1) is 14.2 Å². The first-order valence-electron chi connectivity index (χ1n) is 8.11. The van der Waals surface area contributed by atoms with Crippen LogP contribution < -0.4 is 25.6 Å². The quantitative estimate of drug-likeness (QED) is 0.469. The molecule has 7 nitrogen and oxygen atoms in total. The van der Waals surface area contributed by atoms with Gasteiger partial charge in [0.1, 0.15) is 5.58 Å². The Labute approximate surface area is 161 Å². The van der Waals surface area contributed by atoms with Gasteiger partial charge < -0.3 is 19.2 Å². The Morgan fingerprint density at radius 2 is 1.78 bits per heavy atom. The van der Waals surface area contributed by atoms with Crippen molar-refractivity contribution in [3.63, 3.8) is 0 Å². The number of fused-ring (bicyclic) bond motifs is 1. The van der Waals surface area contributed by atoms with E-state index in [0.29, 0.717) is 22.8 Å². The molecule has 0 aliphatic carbocycles. The molecule has 0 bridgehead atoms. The minimum absolute atomic E-state index is 0.212. The Bertz CT molecular complexity index is 1000. The summed E-state index contributed by atoms with van der Waals surface area (Å²) in [4.78, 5) is 12.4. The summed E-state index contributed by atoms with van der Waals surface area (Å²) in [5, 5.41) is 4.06. The number of aryl methyl sites for hydroxylation is 1. The van der Waals surface area contributed by atoms with Gasteiger partial charge in [-0.05, 0) is 37.3 Å². The molecule has 0 unspecified atom stereocenters. The smallest absolute Gasteiger partial charge is 0.305 e. The fourth-order valence-corrected chi connectivity index (χ4v) is 2.81. The highest BCUT2D eigenvalue weighted by Crippen LogP contribution is 2.29. The first kappa shape index (κ1) is 18.5. The van der Waals surface area contributed by atoms with Gasteiger partial charge in [0.25, 0.3) is 0 Å². The van der Waals surface area contributed by atoms with Crippen LogP contribution in [-0.4, -0.2) is 25.2 Å².